The average molecular weight is 319 g/mol. The van der Waals surface area contributed by atoms with Gasteiger partial charge in [0.2, 0.25) is 5.91 Å². The van der Waals surface area contributed by atoms with E-state index in [1.54, 1.807) is 17.0 Å². The number of rotatable bonds is 3. The van der Waals surface area contributed by atoms with Gasteiger partial charge in [-0.05, 0) is 35.4 Å². The van der Waals surface area contributed by atoms with E-state index in [9.17, 15) is 14.0 Å². The molecule has 0 unspecified atom stereocenters. The normalized spacial score (nSPS) is 28.0. The number of halogens is 1. The molecule has 0 N–H and O–H groups in total. The summed E-state index contributed by atoms with van der Waals surface area (Å²) in [6, 6.07) is 6.08. The SMILES string of the molecule is COC(=O)[C@@]12CN(C(=O)Cc3cccc(F)c3)C[C@@H]1C(C)(C)C2. The first-order valence-corrected chi connectivity index (χ1v) is 7.89. The van der Waals surface area contributed by atoms with E-state index in [1.807, 2.05) is 0 Å². The number of hydrogen-bond donors (Lipinski definition) is 0. The van der Waals surface area contributed by atoms with Crippen molar-refractivity contribution in [1.29, 1.82) is 0 Å². The second kappa shape index (κ2) is 5.32. The molecule has 4 nitrogen and oxygen atoms in total. The van der Waals surface area contributed by atoms with Crippen LogP contribution in [0, 0.1) is 22.6 Å². The second-order valence-corrected chi connectivity index (χ2v) is 7.45. The lowest BCUT2D eigenvalue weighted by atomic mass is 9.48. The predicted molar refractivity (Wildman–Crippen MR) is 83.0 cm³/mol. The first-order valence-electron chi connectivity index (χ1n) is 7.89. The minimum Gasteiger partial charge on any atom is -0.469 e. The molecule has 1 aromatic rings. The maximum Gasteiger partial charge on any atom is 0.314 e. The van der Waals surface area contributed by atoms with E-state index < -0.39 is 5.41 Å². The summed E-state index contributed by atoms with van der Waals surface area (Å²) in [5, 5.41) is 0. The second-order valence-electron chi connectivity index (χ2n) is 7.45. The fourth-order valence-electron chi connectivity index (χ4n) is 4.50. The molecule has 1 aliphatic carbocycles. The van der Waals surface area contributed by atoms with Crippen LogP contribution in [0.25, 0.3) is 0 Å². The molecule has 5 heteroatoms. The molecule has 1 aromatic carbocycles. The number of carbonyl (C=O) groups excluding carboxylic acids is 2. The molecule has 2 fully saturated rings. The molecular formula is C18H22FNO3. The van der Waals surface area contributed by atoms with Crippen LogP contribution in [-0.2, 0) is 20.7 Å². The number of amides is 1. The van der Waals surface area contributed by atoms with Gasteiger partial charge in [-0.1, -0.05) is 26.0 Å². The van der Waals surface area contributed by atoms with Crippen molar-refractivity contribution in [3.8, 4) is 0 Å². The average Bonchev–Trinajstić information content (AvgIpc) is 2.82. The highest BCUT2D eigenvalue weighted by Crippen LogP contribution is 2.63. The topological polar surface area (TPSA) is 46.6 Å². The highest BCUT2D eigenvalue weighted by molar-refractivity contribution is 5.84. The number of likely N-dealkylation sites (tertiary alicyclic amines) is 1. The van der Waals surface area contributed by atoms with Crippen molar-refractivity contribution >= 4 is 11.9 Å². The van der Waals surface area contributed by atoms with Crippen LogP contribution < -0.4 is 0 Å². The molecule has 0 spiro atoms. The quantitative estimate of drug-likeness (QED) is 0.804. The molecule has 3 rings (SSSR count). The van der Waals surface area contributed by atoms with Crippen molar-refractivity contribution in [3.63, 3.8) is 0 Å². The van der Waals surface area contributed by atoms with Gasteiger partial charge >= 0.3 is 5.97 Å². The molecule has 2 atom stereocenters. The number of ether oxygens (including phenoxy) is 1. The van der Waals surface area contributed by atoms with Crippen LogP contribution in [0.2, 0.25) is 0 Å². The highest BCUT2D eigenvalue weighted by Gasteiger charge is 2.67. The first-order chi connectivity index (χ1) is 10.8. The zero-order valence-corrected chi connectivity index (χ0v) is 13.8. The summed E-state index contributed by atoms with van der Waals surface area (Å²) in [6.07, 6.45) is 0.892. The van der Waals surface area contributed by atoms with E-state index in [1.165, 1.54) is 19.2 Å². The predicted octanol–water partition coefficient (Wildman–Crippen LogP) is 2.42. The Morgan fingerprint density at radius 1 is 1.39 bits per heavy atom. The monoisotopic (exact) mass is 319 g/mol. The Labute approximate surface area is 135 Å². The maximum absolute atomic E-state index is 13.3. The number of esters is 1. The number of benzene rings is 1. The Balaban J connectivity index is 1.75. The van der Waals surface area contributed by atoms with Crippen molar-refractivity contribution in [2.75, 3.05) is 20.2 Å². The number of hydrogen-bond acceptors (Lipinski definition) is 3. The smallest absolute Gasteiger partial charge is 0.314 e. The maximum atomic E-state index is 13.3. The standard InChI is InChI=1S/C18H22FNO3/c1-17(2)10-18(16(22)23-3)11-20(9-14(17)18)15(21)8-12-5-4-6-13(19)7-12/h4-7,14H,8-11H2,1-3H3/t14-,18+/m1/s1. The molecule has 1 aliphatic heterocycles. The van der Waals surface area contributed by atoms with E-state index >= 15 is 0 Å². The number of fused-ring (bicyclic) bond motifs is 1. The molecule has 0 aromatic heterocycles. The number of carbonyl (C=O) groups is 2. The Kier molecular flexibility index (Phi) is 3.69. The van der Waals surface area contributed by atoms with E-state index in [0.717, 1.165) is 6.42 Å². The Bertz CT molecular complexity index is 657. The summed E-state index contributed by atoms with van der Waals surface area (Å²) >= 11 is 0. The first kappa shape index (κ1) is 16.0. The lowest BCUT2D eigenvalue weighted by Gasteiger charge is -2.54. The third kappa shape index (κ3) is 2.52. The van der Waals surface area contributed by atoms with Crippen molar-refractivity contribution in [3.05, 3.63) is 35.6 Å². The third-order valence-electron chi connectivity index (χ3n) is 5.45. The molecule has 0 radical (unpaired) electrons. The van der Waals surface area contributed by atoms with Crippen LogP contribution in [-0.4, -0.2) is 37.0 Å². The van der Waals surface area contributed by atoms with Gasteiger partial charge in [0.05, 0.1) is 18.9 Å². The van der Waals surface area contributed by atoms with Crippen LogP contribution in [0.1, 0.15) is 25.8 Å². The number of nitrogens with zero attached hydrogens (tertiary/aromatic N) is 1. The van der Waals surface area contributed by atoms with Crippen LogP contribution in [0.4, 0.5) is 4.39 Å². The number of methoxy groups -OCH3 is 1. The van der Waals surface area contributed by atoms with Gasteiger partial charge in [0.25, 0.3) is 0 Å². The lowest BCUT2D eigenvalue weighted by Crippen LogP contribution is -2.57. The summed E-state index contributed by atoms with van der Waals surface area (Å²) in [5.41, 5.74) is 0.124. The van der Waals surface area contributed by atoms with Crippen molar-refractivity contribution < 1.29 is 18.7 Å². The molecule has 0 bridgehead atoms. The zero-order chi connectivity index (χ0) is 16.8. The Hall–Kier alpha value is -1.91. The Morgan fingerprint density at radius 3 is 2.74 bits per heavy atom. The molecule has 1 saturated heterocycles. The van der Waals surface area contributed by atoms with Crippen LogP contribution in [0.15, 0.2) is 24.3 Å². The van der Waals surface area contributed by atoms with Crippen LogP contribution in [0.3, 0.4) is 0 Å². The summed E-state index contributed by atoms with van der Waals surface area (Å²) in [4.78, 5) is 26.5. The van der Waals surface area contributed by atoms with Crippen LogP contribution in [0.5, 0.6) is 0 Å². The van der Waals surface area contributed by atoms with Gasteiger partial charge in [-0.3, -0.25) is 9.59 Å². The van der Waals surface area contributed by atoms with Crippen molar-refractivity contribution in [2.24, 2.45) is 16.7 Å². The molecular weight excluding hydrogens is 297 g/mol. The van der Waals surface area contributed by atoms with Gasteiger partial charge in [-0.25, -0.2) is 4.39 Å². The van der Waals surface area contributed by atoms with Gasteiger partial charge in [-0.2, -0.15) is 0 Å². The molecule has 1 amide bonds. The van der Waals surface area contributed by atoms with Crippen LogP contribution >= 0.6 is 0 Å². The highest BCUT2D eigenvalue weighted by atomic mass is 19.1. The zero-order valence-electron chi connectivity index (χ0n) is 13.8. The molecule has 1 heterocycles. The van der Waals surface area contributed by atoms with E-state index in [-0.39, 0.29) is 35.4 Å². The van der Waals surface area contributed by atoms with Gasteiger partial charge in [0.1, 0.15) is 5.82 Å². The van der Waals surface area contributed by atoms with Crippen molar-refractivity contribution in [2.45, 2.75) is 26.7 Å². The molecule has 1 saturated carbocycles. The molecule has 124 valence electrons. The minimum atomic E-state index is -0.560. The lowest BCUT2D eigenvalue weighted by molar-refractivity contribution is -0.174. The van der Waals surface area contributed by atoms with Gasteiger partial charge in [-0.15, -0.1) is 0 Å². The van der Waals surface area contributed by atoms with E-state index in [2.05, 4.69) is 13.8 Å². The summed E-state index contributed by atoms with van der Waals surface area (Å²) in [7, 11) is 1.40. The largest absolute Gasteiger partial charge is 0.469 e. The van der Waals surface area contributed by atoms with Gasteiger partial charge < -0.3 is 9.64 Å². The van der Waals surface area contributed by atoms with E-state index in [4.69, 9.17) is 4.74 Å². The fraction of sp³-hybridized carbons (Fsp3) is 0.556. The van der Waals surface area contributed by atoms with Gasteiger partial charge in [0, 0.05) is 13.1 Å². The summed E-state index contributed by atoms with van der Waals surface area (Å²) in [5.74, 6) is -0.505. The molecule has 23 heavy (non-hydrogen) atoms. The van der Waals surface area contributed by atoms with Gasteiger partial charge in [0.15, 0.2) is 0 Å². The van der Waals surface area contributed by atoms with Crippen molar-refractivity contribution in [1.82, 2.24) is 4.90 Å². The third-order valence-corrected chi connectivity index (χ3v) is 5.45. The Morgan fingerprint density at radius 2 is 2.13 bits per heavy atom. The summed E-state index contributed by atoms with van der Waals surface area (Å²) in [6.45, 7) is 5.22. The summed E-state index contributed by atoms with van der Waals surface area (Å²) < 4.78 is 18.2. The fourth-order valence-corrected chi connectivity index (χ4v) is 4.50. The van der Waals surface area contributed by atoms with E-state index in [0.29, 0.717) is 18.7 Å². The molecule has 2 aliphatic rings. The minimum absolute atomic E-state index is 0.0298.